The molecule has 0 bridgehead atoms. The van der Waals surface area contributed by atoms with E-state index in [1.54, 1.807) is 35.6 Å². The molecule has 22 heavy (non-hydrogen) atoms. The van der Waals surface area contributed by atoms with Gasteiger partial charge in [0.2, 0.25) is 5.91 Å². The second-order valence-electron chi connectivity index (χ2n) is 4.26. The van der Waals surface area contributed by atoms with E-state index in [-0.39, 0.29) is 11.0 Å². The van der Waals surface area contributed by atoms with Crippen LogP contribution in [-0.2, 0) is 11.3 Å². The third-order valence-corrected chi connectivity index (χ3v) is 4.30. The molecule has 2 aromatic rings. The fourth-order valence-corrected chi connectivity index (χ4v) is 2.85. The average Bonchev–Trinajstić information content (AvgIpc) is 2.97. The van der Waals surface area contributed by atoms with Gasteiger partial charge < -0.3 is 5.32 Å². The molecule has 3 nitrogen and oxygen atoms in total. The highest BCUT2D eigenvalue weighted by Crippen LogP contribution is 2.20. The van der Waals surface area contributed by atoms with E-state index >= 15 is 0 Å². The number of thiophene rings is 1. The van der Waals surface area contributed by atoms with Crippen LogP contribution in [0.1, 0.15) is 10.4 Å². The van der Waals surface area contributed by atoms with Crippen molar-refractivity contribution in [2.45, 2.75) is 6.54 Å². The van der Waals surface area contributed by atoms with Crippen molar-refractivity contribution >= 4 is 63.9 Å². The van der Waals surface area contributed by atoms with Crippen molar-refractivity contribution in [1.82, 2.24) is 10.6 Å². The number of thiocarbonyl (C=S) groups is 1. The molecule has 1 amide bonds. The summed E-state index contributed by atoms with van der Waals surface area (Å²) < 4.78 is 0. The van der Waals surface area contributed by atoms with Crippen LogP contribution in [0.5, 0.6) is 0 Å². The van der Waals surface area contributed by atoms with E-state index < -0.39 is 0 Å². The maximum atomic E-state index is 11.7. The molecular weight excluding hydrogens is 359 g/mol. The van der Waals surface area contributed by atoms with Crippen molar-refractivity contribution in [3.05, 3.63) is 62.3 Å². The van der Waals surface area contributed by atoms with E-state index in [1.807, 2.05) is 17.5 Å². The molecule has 0 unspecified atom stereocenters. The number of hydrogen-bond acceptors (Lipinski definition) is 3. The molecule has 114 valence electrons. The van der Waals surface area contributed by atoms with Crippen LogP contribution in [0.4, 0.5) is 0 Å². The van der Waals surface area contributed by atoms with Gasteiger partial charge in [-0.05, 0) is 47.4 Å². The van der Waals surface area contributed by atoms with E-state index in [0.29, 0.717) is 16.6 Å². The summed E-state index contributed by atoms with van der Waals surface area (Å²) in [6, 6.07) is 9.05. The Morgan fingerprint density at radius 2 is 2.14 bits per heavy atom. The summed E-state index contributed by atoms with van der Waals surface area (Å²) in [6.45, 7) is 0.407. The Hall–Kier alpha value is -1.40. The quantitative estimate of drug-likeness (QED) is 0.623. The van der Waals surface area contributed by atoms with Gasteiger partial charge in [-0.3, -0.25) is 10.1 Å². The lowest BCUT2D eigenvalue weighted by Crippen LogP contribution is -2.38. The van der Waals surface area contributed by atoms with E-state index in [9.17, 15) is 4.79 Å². The fourth-order valence-electron chi connectivity index (χ4n) is 1.58. The van der Waals surface area contributed by atoms with Crippen molar-refractivity contribution in [3.8, 4) is 0 Å². The number of amides is 1. The first kappa shape index (κ1) is 17.0. The lowest BCUT2D eigenvalue weighted by Gasteiger charge is -2.09. The second kappa shape index (κ2) is 8.29. The Kier molecular flexibility index (Phi) is 6.39. The lowest BCUT2D eigenvalue weighted by atomic mass is 10.2. The van der Waals surface area contributed by atoms with Gasteiger partial charge in [0.1, 0.15) is 0 Å². The molecule has 0 aliphatic heterocycles. The van der Waals surface area contributed by atoms with Gasteiger partial charge in [0, 0.05) is 27.5 Å². The minimum atomic E-state index is -0.284. The Morgan fingerprint density at radius 3 is 2.82 bits per heavy atom. The van der Waals surface area contributed by atoms with Gasteiger partial charge in [0.05, 0.1) is 0 Å². The minimum Gasteiger partial charge on any atom is -0.358 e. The topological polar surface area (TPSA) is 41.1 Å². The summed E-state index contributed by atoms with van der Waals surface area (Å²) in [7, 11) is 0. The molecule has 0 saturated carbocycles. The van der Waals surface area contributed by atoms with E-state index in [1.165, 1.54) is 6.08 Å². The summed E-state index contributed by atoms with van der Waals surface area (Å²) in [6.07, 6.45) is 3.17. The minimum absolute atomic E-state index is 0.242. The molecule has 1 heterocycles. The Bertz CT molecular complexity index is 700. The van der Waals surface area contributed by atoms with Crippen molar-refractivity contribution < 1.29 is 4.79 Å². The van der Waals surface area contributed by atoms with Gasteiger partial charge in [-0.2, -0.15) is 0 Å². The molecule has 0 spiro atoms. The number of carbonyl (C=O) groups excluding carboxylic acids is 1. The maximum Gasteiger partial charge on any atom is 0.250 e. The van der Waals surface area contributed by atoms with Gasteiger partial charge in [0.15, 0.2) is 5.11 Å². The van der Waals surface area contributed by atoms with Crippen LogP contribution >= 0.6 is 46.8 Å². The first-order valence-corrected chi connectivity index (χ1v) is 8.33. The second-order valence-corrected chi connectivity index (χ2v) is 6.49. The van der Waals surface area contributed by atoms with Crippen LogP contribution in [0, 0.1) is 0 Å². The number of nitrogens with one attached hydrogen (secondary N) is 2. The summed E-state index contributed by atoms with van der Waals surface area (Å²) in [5, 5.41) is 8.80. The molecule has 2 N–H and O–H groups in total. The highest BCUT2D eigenvalue weighted by atomic mass is 35.5. The van der Waals surface area contributed by atoms with Gasteiger partial charge in [-0.15, -0.1) is 11.3 Å². The summed E-state index contributed by atoms with van der Waals surface area (Å²) in [4.78, 5) is 12.7. The molecular formula is C15H12Cl2N2OS2. The Morgan fingerprint density at radius 1 is 1.32 bits per heavy atom. The largest absolute Gasteiger partial charge is 0.358 e. The van der Waals surface area contributed by atoms with Gasteiger partial charge in [0.25, 0.3) is 0 Å². The zero-order valence-corrected chi connectivity index (χ0v) is 14.5. The van der Waals surface area contributed by atoms with Crippen LogP contribution in [0.3, 0.4) is 0 Å². The molecule has 1 aromatic heterocycles. The molecule has 0 fully saturated rings. The van der Waals surface area contributed by atoms with E-state index in [2.05, 4.69) is 10.6 Å². The SMILES string of the molecule is O=C(/C=C/c1cccs1)NC(=S)NCc1ccc(Cl)cc1Cl. The normalized spacial score (nSPS) is 10.6. The molecule has 0 radical (unpaired) electrons. The number of hydrogen-bond donors (Lipinski definition) is 2. The molecule has 0 atom stereocenters. The van der Waals surface area contributed by atoms with Crippen molar-refractivity contribution in [2.24, 2.45) is 0 Å². The van der Waals surface area contributed by atoms with Crippen LogP contribution in [-0.4, -0.2) is 11.0 Å². The summed E-state index contributed by atoms with van der Waals surface area (Å²) in [5.74, 6) is -0.284. The first-order chi connectivity index (χ1) is 10.5. The zero-order chi connectivity index (χ0) is 15.9. The van der Waals surface area contributed by atoms with Crippen molar-refractivity contribution in [2.75, 3.05) is 0 Å². The van der Waals surface area contributed by atoms with Gasteiger partial charge in [-0.1, -0.05) is 35.3 Å². The first-order valence-electron chi connectivity index (χ1n) is 6.29. The lowest BCUT2D eigenvalue weighted by molar-refractivity contribution is -0.115. The zero-order valence-electron chi connectivity index (χ0n) is 11.3. The summed E-state index contributed by atoms with van der Waals surface area (Å²) in [5.41, 5.74) is 0.844. The monoisotopic (exact) mass is 370 g/mol. The highest BCUT2D eigenvalue weighted by molar-refractivity contribution is 7.80. The van der Waals surface area contributed by atoms with Gasteiger partial charge in [-0.25, -0.2) is 0 Å². The van der Waals surface area contributed by atoms with Crippen LogP contribution in [0.15, 0.2) is 41.8 Å². The standard InChI is InChI=1S/C15H12Cl2N2OS2/c16-11-4-3-10(13(17)8-11)9-18-15(21)19-14(20)6-5-12-2-1-7-22-12/h1-8H,9H2,(H2,18,19,20,21)/b6-5+. The maximum absolute atomic E-state index is 11.7. The molecule has 0 aliphatic rings. The van der Waals surface area contributed by atoms with Crippen molar-refractivity contribution in [3.63, 3.8) is 0 Å². The average molecular weight is 371 g/mol. The summed E-state index contributed by atoms with van der Waals surface area (Å²) >= 11 is 18.5. The molecule has 0 saturated heterocycles. The molecule has 0 aliphatic carbocycles. The number of halogens is 2. The van der Waals surface area contributed by atoms with Crippen LogP contribution in [0.25, 0.3) is 6.08 Å². The van der Waals surface area contributed by atoms with E-state index in [4.69, 9.17) is 35.4 Å². The smallest absolute Gasteiger partial charge is 0.250 e. The van der Waals surface area contributed by atoms with Crippen molar-refractivity contribution in [1.29, 1.82) is 0 Å². The number of rotatable bonds is 4. The number of benzene rings is 1. The fraction of sp³-hybridized carbons (Fsp3) is 0.0667. The van der Waals surface area contributed by atoms with E-state index in [0.717, 1.165) is 10.4 Å². The highest BCUT2D eigenvalue weighted by Gasteiger charge is 2.04. The van der Waals surface area contributed by atoms with Gasteiger partial charge >= 0.3 is 0 Å². The third kappa shape index (κ3) is 5.42. The Balaban J connectivity index is 1.81. The molecule has 2 rings (SSSR count). The van der Waals surface area contributed by atoms with Crippen LogP contribution in [0.2, 0.25) is 10.0 Å². The predicted molar refractivity (Wildman–Crippen MR) is 97.4 cm³/mol. The predicted octanol–water partition coefficient (Wildman–Crippen LogP) is 4.26. The van der Waals surface area contributed by atoms with Crippen LogP contribution < -0.4 is 10.6 Å². The number of carbonyl (C=O) groups is 1. The third-order valence-electron chi connectivity index (χ3n) is 2.63. The Labute approximate surface area is 147 Å². The molecule has 7 heteroatoms. The molecule has 1 aromatic carbocycles.